The van der Waals surface area contributed by atoms with E-state index >= 15 is 0 Å². The van der Waals surface area contributed by atoms with Gasteiger partial charge in [-0.15, -0.1) is 10.2 Å². The maximum Gasteiger partial charge on any atom is 0.171 e. The molecule has 1 aromatic carbocycles. The molecule has 0 fully saturated rings. The Balaban J connectivity index is 1.77. The molecule has 0 aliphatic carbocycles. The maximum absolute atomic E-state index is 13.3. The van der Waals surface area contributed by atoms with E-state index in [2.05, 4.69) is 14.8 Å². The number of hydrogen-bond donors (Lipinski definition) is 1. The van der Waals surface area contributed by atoms with Gasteiger partial charge in [0.2, 0.25) is 0 Å². The van der Waals surface area contributed by atoms with Crippen molar-refractivity contribution in [1.29, 1.82) is 0 Å². The number of nitrogens with zero attached hydrogens (tertiary/aromatic N) is 3. The van der Waals surface area contributed by atoms with Crippen molar-refractivity contribution in [2.75, 3.05) is 0 Å². The van der Waals surface area contributed by atoms with E-state index in [9.17, 15) is 9.50 Å². The molecule has 1 N–H and O–H groups in total. The van der Waals surface area contributed by atoms with Crippen molar-refractivity contribution < 1.29 is 14.2 Å². The van der Waals surface area contributed by atoms with Crippen LogP contribution in [-0.2, 0) is 19.6 Å². The van der Waals surface area contributed by atoms with Crippen LogP contribution in [0.4, 0.5) is 4.39 Å². The largest absolute Gasteiger partial charge is 0.485 e. The maximum atomic E-state index is 13.3. The zero-order chi connectivity index (χ0) is 14.8. The van der Waals surface area contributed by atoms with Crippen LogP contribution in [0.2, 0.25) is 0 Å². The van der Waals surface area contributed by atoms with E-state index in [1.54, 1.807) is 6.92 Å². The van der Waals surface area contributed by atoms with Crippen LogP contribution in [0.15, 0.2) is 18.2 Å². The first-order chi connectivity index (χ1) is 10.1. The Morgan fingerprint density at radius 3 is 3.05 bits per heavy atom. The van der Waals surface area contributed by atoms with E-state index in [1.807, 2.05) is 0 Å². The van der Waals surface area contributed by atoms with Crippen LogP contribution in [-0.4, -0.2) is 19.9 Å². The summed E-state index contributed by atoms with van der Waals surface area (Å²) in [5.74, 6) is 1.85. The van der Waals surface area contributed by atoms with Crippen molar-refractivity contribution in [2.45, 2.75) is 45.4 Å². The lowest BCUT2D eigenvalue weighted by atomic mass is 10.1. The highest BCUT2D eigenvalue weighted by Gasteiger charge is 2.17. The molecule has 6 heteroatoms. The van der Waals surface area contributed by atoms with Gasteiger partial charge in [-0.1, -0.05) is 0 Å². The summed E-state index contributed by atoms with van der Waals surface area (Å²) in [5, 5.41) is 18.0. The van der Waals surface area contributed by atoms with E-state index in [0.717, 1.165) is 37.5 Å². The van der Waals surface area contributed by atoms with Crippen LogP contribution in [0.5, 0.6) is 5.75 Å². The number of rotatable bonds is 4. The van der Waals surface area contributed by atoms with Gasteiger partial charge in [0.25, 0.3) is 0 Å². The molecule has 2 aromatic rings. The van der Waals surface area contributed by atoms with Crippen LogP contribution >= 0.6 is 0 Å². The molecule has 5 nitrogen and oxygen atoms in total. The minimum atomic E-state index is -0.789. The lowest BCUT2D eigenvalue weighted by Gasteiger charge is -2.16. The van der Waals surface area contributed by atoms with Gasteiger partial charge in [-0.25, -0.2) is 4.39 Å². The summed E-state index contributed by atoms with van der Waals surface area (Å²) in [6.45, 7) is 2.76. The average Bonchev–Trinajstić information content (AvgIpc) is 2.89. The highest BCUT2D eigenvalue weighted by Crippen LogP contribution is 2.27. The quantitative estimate of drug-likeness (QED) is 0.939. The number of aliphatic hydroxyl groups excluding tert-OH is 1. The molecule has 21 heavy (non-hydrogen) atoms. The summed E-state index contributed by atoms with van der Waals surface area (Å²) < 4.78 is 21.0. The molecule has 1 aromatic heterocycles. The Labute approximate surface area is 122 Å². The third-order valence-electron chi connectivity index (χ3n) is 3.71. The summed E-state index contributed by atoms with van der Waals surface area (Å²) in [7, 11) is 0. The number of halogens is 1. The second kappa shape index (κ2) is 5.81. The SMILES string of the molecule is C[C@@H](O)c1cc(F)ccc1OCc1nnc2n1CCCC2. The zero-order valence-electron chi connectivity index (χ0n) is 11.9. The number of aromatic nitrogens is 3. The van der Waals surface area contributed by atoms with Crippen molar-refractivity contribution in [3.05, 3.63) is 41.2 Å². The predicted molar refractivity (Wildman–Crippen MR) is 74.3 cm³/mol. The lowest BCUT2D eigenvalue weighted by Crippen LogP contribution is -2.14. The van der Waals surface area contributed by atoms with E-state index in [0.29, 0.717) is 11.3 Å². The highest BCUT2D eigenvalue weighted by molar-refractivity contribution is 5.35. The fraction of sp³-hybridized carbons (Fsp3) is 0.467. The minimum Gasteiger partial charge on any atom is -0.485 e. The van der Waals surface area contributed by atoms with Gasteiger partial charge in [0.05, 0.1) is 6.10 Å². The molecule has 0 bridgehead atoms. The molecule has 2 heterocycles. The van der Waals surface area contributed by atoms with Gasteiger partial charge < -0.3 is 14.4 Å². The average molecular weight is 291 g/mol. The molecule has 0 saturated carbocycles. The van der Waals surface area contributed by atoms with Crippen molar-refractivity contribution in [2.24, 2.45) is 0 Å². The van der Waals surface area contributed by atoms with E-state index in [4.69, 9.17) is 4.74 Å². The Kier molecular flexibility index (Phi) is 3.88. The van der Waals surface area contributed by atoms with Gasteiger partial charge in [-0.05, 0) is 38.0 Å². The lowest BCUT2D eigenvalue weighted by molar-refractivity contribution is 0.188. The monoisotopic (exact) mass is 291 g/mol. The minimum absolute atomic E-state index is 0.262. The first kappa shape index (κ1) is 14.0. The molecule has 0 radical (unpaired) electrons. The van der Waals surface area contributed by atoms with Crippen molar-refractivity contribution in [3.63, 3.8) is 0 Å². The topological polar surface area (TPSA) is 60.2 Å². The molecular formula is C15H18FN3O2. The molecule has 3 rings (SSSR count). The summed E-state index contributed by atoms with van der Waals surface area (Å²) in [6, 6.07) is 4.14. The van der Waals surface area contributed by atoms with Gasteiger partial charge in [0, 0.05) is 18.5 Å². The second-order valence-electron chi connectivity index (χ2n) is 5.29. The van der Waals surface area contributed by atoms with Crippen LogP contribution in [0.25, 0.3) is 0 Å². The van der Waals surface area contributed by atoms with Crippen molar-refractivity contribution in [3.8, 4) is 5.75 Å². The molecule has 0 unspecified atom stereocenters. The van der Waals surface area contributed by atoms with E-state index in [-0.39, 0.29) is 6.61 Å². The van der Waals surface area contributed by atoms with Gasteiger partial charge in [0.15, 0.2) is 5.82 Å². The molecule has 0 saturated heterocycles. The van der Waals surface area contributed by atoms with Crippen molar-refractivity contribution >= 4 is 0 Å². The fourth-order valence-corrected chi connectivity index (χ4v) is 2.59. The third kappa shape index (κ3) is 2.90. The smallest absolute Gasteiger partial charge is 0.171 e. The Morgan fingerprint density at radius 2 is 2.24 bits per heavy atom. The van der Waals surface area contributed by atoms with Gasteiger partial charge >= 0.3 is 0 Å². The Bertz CT molecular complexity index is 640. The number of aryl methyl sites for hydroxylation is 1. The molecule has 0 amide bonds. The molecular weight excluding hydrogens is 273 g/mol. The van der Waals surface area contributed by atoms with Gasteiger partial charge in [0.1, 0.15) is 24.0 Å². The normalized spacial score (nSPS) is 15.6. The van der Waals surface area contributed by atoms with Crippen LogP contribution in [0, 0.1) is 5.82 Å². The first-order valence-electron chi connectivity index (χ1n) is 7.16. The Hall–Kier alpha value is -1.95. The number of hydrogen-bond acceptors (Lipinski definition) is 4. The molecule has 112 valence electrons. The van der Waals surface area contributed by atoms with Gasteiger partial charge in [-0.2, -0.15) is 0 Å². The highest BCUT2D eigenvalue weighted by atomic mass is 19.1. The summed E-state index contributed by atoms with van der Waals surface area (Å²) in [5.41, 5.74) is 0.438. The number of ether oxygens (including phenoxy) is 1. The Morgan fingerprint density at radius 1 is 1.38 bits per heavy atom. The predicted octanol–water partition coefficient (Wildman–Crippen LogP) is 2.39. The third-order valence-corrected chi connectivity index (χ3v) is 3.71. The number of benzene rings is 1. The fourth-order valence-electron chi connectivity index (χ4n) is 2.59. The second-order valence-corrected chi connectivity index (χ2v) is 5.29. The molecule has 0 spiro atoms. The summed E-state index contributed by atoms with van der Waals surface area (Å²) in [4.78, 5) is 0. The summed E-state index contributed by atoms with van der Waals surface area (Å²) >= 11 is 0. The number of aliphatic hydroxyl groups is 1. The molecule has 1 atom stereocenters. The zero-order valence-corrected chi connectivity index (χ0v) is 11.9. The first-order valence-corrected chi connectivity index (χ1v) is 7.16. The van der Waals surface area contributed by atoms with Crippen LogP contribution < -0.4 is 4.74 Å². The molecule has 1 aliphatic heterocycles. The van der Waals surface area contributed by atoms with Crippen LogP contribution in [0.3, 0.4) is 0 Å². The van der Waals surface area contributed by atoms with E-state index in [1.165, 1.54) is 18.2 Å². The van der Waals surface area contributed by atoms with Crippen molar-refractivity contribution in [1.82, 2.24) is 14.8 Å². The van der Waals surface area contributed by atoms with Crippen LogP contribution in [0.1, 0.15) is 43.1 Å². The van der Waals surface area contributed by atoms with E-state index < -0.39 is 11.9 Å². The molecule has 1 aliphatic rings. The number of fused-ring (bicyclic) bond motifs is 1. The van der Waals surface area contributed by atoms with Gasteiger partial charge in [-0.3, -0.25) is 0 Å². The standard InChI is InChI=1S/C15H18FN3O2/c1-10(20)12-8-11(16)5-6-13(12)21-9-15-18-17-14-4-2-3-7-19(14)15/h5-6,8,10,20H,2-4,7,9H2,1H3/t10-/m1/s1. The summed E-state index contributed by atoms with van der Waals surface area (Å²) in [6.07, 6.45) is 2.42.